The first-order valence-electron chi connectivity index (χ1n) is 7.43. The summed E-state index contributed by atoms with van der Waals surface area (Å²) in [7, 11) is 0. The van der Waals surface area contributed by atoms with Gasteiger partial charge in [-0.1, -0.05) is 42.1 Å². The fourth-order valence-corrected chi connectivity index (χ4v) is 3.94. The normalized spacial score (nSPS) is 25.2. The van der Waals surface area contributed by atoms with E-state index >= 15 is 0 Å². The Hall–Kier alpha value is -1.00. The summed E-state index contributed by atoms with van der Waals surface area (Å²) in [6, 6.07) is 11.1. The Morgan fingerprint density at radius 1 is 1.25 bits per heavy atom. The monoisotopic (exact) mass is 290 g/mol. The maximum atomic E-state index is 5.43. The van der Waals surface area contributed by atoms with E-state index in [-0.39, 0.29) is 0 Å². The molecule has 1 saturated heterocycles. The molecule has 1 aromatic carbocycles. The highest BCUT2D eigenvalue weighted by Crippen LogP contribution is 2.34. The number of ether oxygens (including phenoxy) is 1. The fraction of sp³-hybridized carbons (Fsp3) is 0.562. The lowest BCUT2D eigenvalue weighted by molar-refractivity contribution is 0.0583. The van der Waals surface area contributed by atoms with Crippen LogP contribution in [0.5, 0.6) is 0 Å². The van der Waals surface area contributed by atoms with Gasteiger partial charge >= 0.3 is 0 Å². The average molecular weight is 290 g/mol. The number of hydrogen-bond acceptors (Lipinski definition) is 4. The first kappa shape index (κ1) is 14.0. The van der Waals surface area contributed by atoms with Crippen molar-refractivity contribution in [3.63, 3.8) is 0 Å². The Morgan fingerprint density at radius 2 is 2.00 bits per heavy atom. The molecule has 0 bridgehead atoms. The predicted molar refractivity (Wildman–Crippen MR) is 85.2 cm³/mol. The Morgan fingerprint density at radius 3 is 2.75 bits per heavy atom. The van der Waals surface area contributed by atoms with E-state index in [1.54, 1.807) is 0 Å². The summed E-state index contributed by atoms with van der Waals surface area (Å²) in [6.45, 7) is 4.97. The molecule has 2 unspecified atom stereocenters. The van der Waals surface area contributed by atoms with Crippen LogP contribution in [0.4, 0.5) is 0 Å². The lowest BCUT2D eigenvalue weighted by atomic mass is 9.93. The smallest absolute Gasteiger partial charge is 0.157 e. The lowest BCUT2D eigenvalue weighted by Crippen LogP contribution is -2.38. The molecule has 108 valence electrons. The van der Waals surface area contributed by atoms with Gasteiger partial charge in [-0.05, 0) is 31.2 Å². The van der Waals surface area contributed by atoms with Gasteiger partial charge in [-0.2, -0.15) is 0 Å². The molecule has 1 fully saturated rings. The van der Waals surface area contributed by atoms with Crippen LogP contribution in [-0.4, -0.2) is 31.0 Å². The number of nitrogens with one attached hydrogen (secondary N) is 1. The number of benzene rings is 1. The third-order valence-electron chi connectivity index (χ3n) is 4.15. The highest BCUT2D eigenvalue weighted by molar-refractivity contribution is 8.14. The second-order valence-electron chi connectivity index (χ2n) is 5.55. The predicted octanol–water partition coefficient (Wildman–Crippen LogP) is 3.24. The fourth-order valence-electron chi connectivity index (χ4n) is 2.82. The van der Waals surface area contributed by atoms with Crippen molar-refractivity contribution in [2.45, 2.75) is 31.1 Å². The molecule has 1 N–H and O–H groups in total. The molecular weight excluding hydrogens is 268 g/mol. The molecule has 0 saturated carbocycles. The molecule has 20 heavy (non-hydrogen) atoms. The van der Waals surface area contributed by atoms with Gasteiger partial charge in [0.25, 0.3) is 0 Å². The second kappa shape index (κ2) is 6.64. The van der Waals surface area contributed by atoms with Crippen LogP contribution in [0.15, 0.2) is 35.3 Å². The first-order chi connectivity index (χ1) is 9.83. The molecule has 3 rings (SSSR count). The molecule has 1 aromatic rings. The zero-order valence-electron chi connectivity index (χ0n) is 11.9. The Labute approximate surface area is 125 Å². The maximum absolute atomic E-state index is 5.43. The largest absolute Gasteiger partial charge is 0.381 e. The van der Waals surface area contributed by atoms with E-state index in [9.17, 15) is 0 Å². The third-order valence-corrected chi connectivity index (χ3v) is 5.33. The summed E-state index contributed by atoms with van der Waals surface area (Å²) in [4.78, 5) is 4.67. The van der Waals surface area contributed by atoms with Crippen molar-refractivity contribution in [2.75, 3.05) is 19.8 Å². The number of rotatable bonds is 3. The number of amidine groups is 1. The zero-order chi connectivity index (χ0) is 13.8. The maximum Gasteiger partial charge on any atom is 0.157 e. The van der Waals surface area contributed by atoms with Crippen LogP contribution in [0.25, 0.3) is 0 Å². The molecule has 0 radical (unpaired) electrons. The second-order valence-corrected chi connectivity index (χ2v) is 6.74. The minimum Gasteiger partial charge on any atom is -0.381 e. The van der Waals surface area contributed by atoms with Crippen molar-refractivity contribution in [2.24, 2.45) is 10.9 Å². The molecule has 2 heterocycles. The highest BCUT2D eigenvalue weighted by atomic mass is 32.2. The van der Waals surface area contributed by atoms with Crippen LogP contribution in [-0.2, 0) is 4.74 Å². The van der Waals surface area contributed by atoms with Crippen molar-refractivity contribution in [3.05, 3.63) is 35.9 Å². The third kappa shape index (κ3) is 3.36. The summed E-state index contributed by atoms with van der Waals surface area (Å²) >= 11 is 1.86. The van der Waals surface area contributed by atoms with Gasteiger partial charge in [0.1, 0.15) is 0 Å². The standard InChI is InChI=1S/C16H22N2OS/c1-12(13-7-9-19-10-8-13)18-16-17-11-15(20-16)14-5-3-2-4-6-14/h2-6,12-13,15H,7-11H2,1H3,(H,17,18). The minimum atomic E-state index is 0.473. The van der Waals surface area contributed by atoms with Crippen molar-refractivity contribution in [1.82, 2.24) is 5.32 Å². The topological polar surface area (TPSA) is 33.6 Å². The number of nitrogens with zero attached hydrogens (tertiary/aromatic N) is 1. The zero-order valence-corrected chi connectivity index (χ0v) is 12.7. The Kier molecular flexibility index (Phi) is 4.63. The molecule has 0 aliphatic carbocycles. The van der Waals surface area contributed by atoms with E-state index in [0.717, 1.165) is 37.8 Å². The number of aliphatic imine (C=N–C) groups is 1. The van der Waals surface area contributed by atoms with Gasteiger partial charge in [0.2, 0.25) is 0 Å². The van der Waals surface area contributed by atoms with Crippen LogP contribution in [0.2, 0.25) is 0 Å². The van der Waals surface area contributed by atoms with Crippen LogP contribution in [0, 0.1) is 5.92 Å². The van der Waals surface area contributed by atoms with E-state index in [0.29, 0.717) is 17.2 Å². The highest BCUT2D eigenvalue weighted by Gasteiger charge is 2.25. The molecule has 2 atom stereocenters. The van der Waals surface area contributed by atoms with Crippen LogP contribution < -0.4 is 5.32 Å². The van der Waals surface area contributed by atoms with Crippen molar-refractivity contribution < 1.29 is 4.74 Å². The Bertz CT molecular complexity index is 457. The molecule has 3 nitrogen and oxygen atoms in total. The summed E-state index contributed by atoms with van der Waals surface area (Å²) < 4.78 is 5.43. The van der Waals surface area contributed by atoms with E-state index in [1.807, 2.05) is 11.8 Å². The van der Waals surface area contributed by atoms with E-state index in [1.165, 1.54) is 5.56 Å². The van der Waals surface area contributed by atoms with Gasteiger partial charge in [-0.25, -0.2) is 0 Å². The van der Waals surface area contributed by atoms with Gasteiger partial charge in [0.15, 0.2) is 5.17 Å². The van der Waals surface area contributed by atoms with Gasteiger partial charge in [0.05, 0.1) is 11.8 Å². The molecule has 2 aliphatic heterocycles. The summed E-state index contributed by atoms with van der Waals surface area (Å²) in [6.07, 6.45) is 2.32. The van der Waals surface area contributed by atoms with Crippen LogP contribution in [0.1, 0.15) is 30.6 Å². The molecule has 0 amide bonds. The van der Waals surface area contributed by atoms with Crippen LogP contribution in [0.3, 0.4) is 0 Å². The minimum absolute atomic E-state index is 0.473. The molecular formula is C16H22N2OS. The lowest BCUT2D eigenvalue weighted by Gasteiger charge is -2.28. The van der Waals surface area contributed by atoms with E-state index in [2.05, 4.69) is 47.6 Å². The van der Waals surface area contributed by atoms with E-state index < -0.39 is 0 Å². The van der Waals surface area contributed by atoms with Crippen molar-refractivity contribution in [1.29, 1.82) is 0 Å². The Balaban J connectivity index is 1.52. The SMILES string of the molecule is CC(NC1=NCC(c2ccccc2)S1)C1CCOCC1. The molecule has 0 aromatic heterocycles. The van der Waals surface area contributed by atoms with Crippen molar-refractivity contribution >= 4 is 16.9 Å². The van der Waals surface area contributed by atoms with Gasteiger partial charge in [-0.15, -0.1) is 0 Å². The summed E-state index contributed by atoms with van der Waals surface area (Å²) in [5.74, 6) is 0.711. The molecule has 0 spiro atoms. The van der Waals surface area contributed by atoms with E-state index in [4.69, 9.17) is 4.74 Å². The van der Waals surface area contributed by atoms with Crippen molar-refractivity contribution in [3.8, 4) is 0 Å². The summed E-state index contributed by atoms with van der Waals surface area (Å²) in [5.41, 5.74) is 1.37. The number of thioether (sulfide) groups is 1. The van der Waals surface area contributed by atoms with Crippen LogP contribution >= 0.6 is 11.8 Å². The number of hydrogen-bond donors (Lipinski definition) is 1. The van der Waals surface area contributed by atoms with Gasteiger partial charge < -0.3 is 10.1 Å². The molecule has 2 aliphatic rings. The first-order valence-corrected chi connectivity index (χ1v) is 8.31. The average Bonchev–Trinajstić information content (AvgIpc) is 2.97. The molecule has 4 heteroatoms. The van der Waals surface area contributed by atoms with Gasteiger partial charge in [-0.3, -0.25) is 4.99 Å². The quantitative estimate of drug-likeness (QED) is 0.928. The summed E-state index contributed by atoms with van der Waals surface area (Å²) in [5, 5.41) is 5.19. The van der Waals surface area contributed by atoms with Gasteiger partial charge in [0, 0.05) is 19.3 Å².